The van der Waals surface area contributed by atoms with Crippen LogP contribution in [0.2, 0.25) is 0 Å². The van der Waals surface area contributed by atoms with Gasteiger partial charge in [-0.3, -0.25) is 9.79 Å². The quantitative estimate of drug-likeness (QED) is 0.273. The molecule has 0 spiro atoms. The number of rotatable bonds is 9. The van der Waals surface area contributed by atoms with Crippen LogP contribution in [0, 0.1) is 17.6 Å². The zero-order valence-electron chi connectivity index (χ0n) is 16.3. The summed E-state index contributed by atoms with van der Waals surface area (Å²) < 4.78 is 26.3. The van der Waals surface area contributed by atoms with E-state index in [1.54, 1.807) is 18.2 Å². The van der Waals surface area contributed by atoms with Gasteiger partial charge in [0.15, 0.2) is 5.96 Å². The third kappa shape index (κ3) is 9.21. The Balaban J connectivity index is 0.00000420. The standard InChI is InChI=1S/C21H26F2N4O.HI/c1-2-25-21(26-11-10-15-4-3-5-19(23)13-15)27-14-17(20(24)28)12-16-6-8-18(22)9-7-16;/h3-9,13,17H,2,10-12,14H2,1H3,(H2,24,28)(H2,25,26,27);1H. The van der Waals surface area contributed by atoms with E-state index >= 15 is 0 Å². The highest BCUT2D eigenvalue weighted by molar-refractivity contribution is 14.0. The number of nitrogens with one attached hydrogen (secondary N) is 2. The van der Waals surface area contributed by atoms with Crippen molar-refractivity contribution >= 4 is 35.8 Å². The summed E-state index contributed by atoms with van der Waals surface area (Å²) >= 11 is 0. The molecule has 29 heavy (non-hydrogen) atoms. The molecule has 0 radical (unpaired) electrons. The number of carbonyl (C=O) groups is 1. The van der Waals surface area contributed by atoms with E-state index in [2.05, 4.69) is 15.6 Å². The summed E-state index contributed by atoms with van der Waals surface area (Å²) in [6, 6.07) is 12.4. The lowest BCUT2D eigenvalue weighted by Crippen LogP contribution is -2.39. The molecule has 1 amide bonds. The van der Waals surface area contributed by atoms with E-state index in [0.717, 1.165) is 11.1 Å². The largest absolute Gasteiger partial charge is 0.369 e. The zero-order valence-corrected chi connectivity index (χ0v) is 18.7. The normalized spacial score (nSPS) is 12.0. The minimum Gasteiger partial charge on any atom is -0.369 e. The van der Waals surface area contributed by atoms with Crippen LogP contribution in [0.5, 0.6) is 0 Å². The number of benzene rings is 2. The van der Waals surface area contributed by atoms with Gasteiger partial charge in [0.1, 0.15) is 11.6 Å². The molecular formula is C21H27F2IN4O. The fraction of sp³-hybridized carbons (Fsp3) is 0.333. The van der Waals surface area contributed by atoms with Crippen molar-refractivity contribution in [3.63, 3.8) is 0 Å². The Morgan fingerprint density at radius 1 is 1.07 bits per heavy atom. The van der Waals surface area contributed by atoms with Crippen molar-refractivity contribution in [2.75, 3.05) is 19.6 Å². The number of hydrogen-bond donors (Lipinski definition) is 3. The van der Waals surface area contributed by atoms with E-state index in [4.69, 9.17) is 5.73 Å². The maximum atomic E-state index is 13.2. The summed E-state index contributed by atoms with van der Waals surface area (Å²) in [5, 5.41) is 6.28. The van der Waals surface area contributed by atoms with Gasteiger partial charge < -0.3 is 16.4 Å². The van der Waals surface area contributed by atoms with E-state index in [1.165, 1.54) is 24.3 Å². The molecule has 0 aromatic heterocycles. The summed E-state index contributed by atoms with van der Waals surface area (Å²) in [5.41, 5.74) is 7.21. The van der Waals surface area contributed by atoms with Gasteiger partial charge in [0.2, 0.25) is 5.91 Å². The van der Waals surface area contributed by atoms with E-state index in [1.807, 2.05) is 13.0 Å². The number of aliphatic imine (C=N–C) groups is 1. The second kappa shape index (κ2) is 13.1. The van der Waals surface area contributed by atoms with Crippen molar-refractivity contribution in [2.24, 2.45) is 16.6 Å². The van der Waals surface area contributed by atoms with Gasteiger partial charge in [0.25, 0.3) is 0 Å². The fourth-order valence-electron chi connectivity index (χ4n) is 2.72. The summed E-state index contributed by atoms with van der Waals surface area (Å²) in [5.74, 6) is -0.977. The molecule has 2 rings (SSSR count). The molecule has 0 heterocycles. The van der Waals surface area contributed by atoms with Crippen LogP contribution >= 0.6 is 24.0 Å². The van der Waals surface area contributed by atoms with E-state index in [9.17, 15) is 13.6 Å². The molecular weight excluding hydrogens is 489 g/mol. The van der Waals surface area contributed by atoms with Crippen molar-refractivity contribution in [2.45, 2.75) is 19.8 Å². The van der Waals surface area contributed by atoms with Crippen LogP contribution in [-0.4, -0.2) is 31.5 Å². The highest BCUT2D eigenvalue weighted by Gasteiger charge is 2.16. The van der Waals surface area contributed by atoms with Crippen LogP contribution in [0.25, 0.3) is 0 Å². The molecule has 0 saturated heterocycles. The van der Waals surface area contributed by atoms with Gasteiger partial charge in [-0.15, -0.1) is 24.0 Å². The molecule has 0 aliphatic heterocycles. The maximum absolute atomic E-state index is 13.2. The number of primary amides is 1. The molecule has 1 unspecified atom stereocenters. The molecule has 1 atom stereocenters. The summed E-state index contributed by atoms with van der Waals surface area (Å²) in [6.07, 6.45) is 1.03. The topological polar surface area (TPSA) is 79.5 Å². The van der Waals surface area contributed by atoms with Crippen LogP contribution in [0.3, 0.4) is 0 Å². The summed E-state index contributed by atoms with van der Waals surface area (Å²) in [6.45, 7) is 3.37. The Bertz CT molecular complexity index is 800. The Morgan fingerprint density at radius 2 is 1.79 bits per heavy atom. The van der Waals surface area contributed by atoms with E-state index in [-0.39, 0.29) is 42.2 Å². The van der Waals surface area contributed by atoms with Crippen molar-refractivity contribution in [1.82, 2.24) is 10.6 Å². The van der Waals surface area contributed by atoms with Crippen molar-refractivity contribution in [3.05, 3.63) is 71.3 Å². The third-order valence-corrected chi connectivity index (χ3v) is 4.21. The molecule has 2 aromatic rings. The van der Waals surface area contributed by atoms with Crippen LogP contribution < -0.4 is 16.4 Å². The molecule has 8 heteroatoms. The number of nitrogens with zero attached hydrogens (tertiary/aromatic N) is 1. The highest BCUT2D eigenvalue weighted by atomic mass is 127. The molecule has 5 nitrogen and oxygen atoms in total. The average molecular weight is 516 g/mol. The number of guanidine groups is 1. The molecule has 4 N–H and O–H groups in total. The van der Waals surface area contributed by atoms with E-state index in [0.29, 0.717) is 31.9 Å². The van der Waals surface area contributed by atoms with Crippen LogP contribution in [-0.2, 0) is 17.6 Å². The predicted molar refractivity (Wildman–Crippen MR) is 122 cm³/mol. The molecule has 158 valence electrons. The van der Waals surface area contributed by atoms with Crippen molar-refractivity contribution in [1.29, 1.82) is 0 Å². The van der Waals surface area contributed by atoms with Crippen molar-refractivity contribution < 1.29 is 13.6 Å². The van der Waals surface area contributed by atoms with Crippen LogP contribution in [0.4, 0.5) is 8.78 Å². The first kappa shape index (κ1) is 24.8. The minimum absolute atomic E-state index is 0. The number of nitrogens with two attached hydrogens (primary N) is 1. The summed E-state index contributed by atoms with van der Waals surface area (Å²) in [7, 11) is 0. The molecule has 0 aliphatic carbocycles. The first-order chi connectivity index (χ1) is 13.5. The van der Waals surface area contributed by atoms with Gasteiger partial charge in [-0.2, -0.15) is 0 Å². The van der Waals surface area contributed by atoms with Gasteiger partial charge in [-0.25, -0.2) is 8.78 Å². The summed E-state index contributed by atoms with van der Waals surface area (Å²) in [4.78, 5) is 16.2. The lowest BCUT2D eigenvalue weighted by atomic mass is 9.99. The molecule has 0 aliphatic rings. The third-order valence-electron chi connectivity index (χ3n) is 4.21. The number of carbonyl (C=O) groups excluding carboxylic acids is 1. The number of hydrogen-bond acceptors (Lipinski definition) is 2. The lowest BCUT2D eigenvalue weighted by molar-refractivity contribution is -0.121. The number of halogens is 3. The van der Waals surface area contributed by atoms with Gasteiger partial charge in [-0.1, -0.05) is 24.3 Å². The van der Waals surface area contributed by atoms with Gasteiger partial charge in [0.05, 0.1) is 12.5 Å². The minimum atomic E-state index is -0.496. The van der Waals surface area contributed by atoms with Crippen molar-refractivity contribution in [3.8, 4) is 0 Å². The lowest BCUT2D eigenvalue weighted by Gasteiger charge is -2.14. The average Bonchev–Trinajstić information content (AvgIpc) is 2.66. The Morgan fingerprint density at radius 3 is 2.41 bits per heavy atom. The molecule has 2 aromatic carbocycles. The zero-order chi connectivity index (χ0) is 20.4. The predicted octanol–water partition coefficient (Wildman–Crippen LogP) is 3.02. The monoisotopic (exact) mass is 516 g/mol. The maximum Gasteiger partial charge on any atom is 0.222 e. The second-order valence-electron chi connectivity index (χ2n) is 6.46. The fourth-order valence-corrected chi connectivity index (χ4v) is 2.72. The SMILES string of the molecule is CCNC(=NCC(Cc1ccc(F)cc1)C(N)=O)NCCc1cccc(F)c1.I. The van der Waals surface area contributed by atoms with Crippen LogP contribution in [0.1, 0.15) is 18.1 Å². The molecule has 0 bridgehead atoms. The van der Waals surface area contributed by atoms with E-state index < -0.39 is 11.8 Å². The van der Waals surface area contributed by atoms with Gasteiger partial charge >= 0.3 is 0 Å². The Labute approximate surface area is 187 Å². The molecule has 0 saturated carbocycles. The second-order valence-corrected chi connectivity index (χ2v) is 6.46. The number of amides is 1. The Hall–Kier alpha value is -2.23. The smallest absolute Gasteiger partial charge is 0.222 e. The first-order valence-corrected chi connectivity index (χ1v) is 9.28. The van der Waals surface area contributed by atoms with Gasteiger partial charge in [-0.05, 0) is 55.2 Å². The highest BCUT2D eigenvalue weighted by Crippen LogP contribution is 2.10. The molecule has 0 fully saturated rings. The van der Waals surface area contributed by atoms with Gasteiger partial charge in [0, 0.05) is 13.1 Å². The Kier molecular flexibility index (Phi) is 11.2. The first-order valence-electron chi connectivity index (χ1n) is 9.28. The van der Waals surface area contributed by atoms with Crippen LogP contribution in [0.15, 0.2) is 53.5 Å².